The maximum absolute atomic E-state index is 3.76. The van der Waals surface area contributed by atoms with Gasteiger partial charge in [0, 0.05) is 25.2 Å². The summed E-state index contributed by atoms with van der Waals surface area (Å²) in [6.45, 7) is 13.1. The smallest absolute Gasteiger partial charge is 0.0195 e. The van der Waals surface area contributed by atoms with Gasteiger partial charge in [-0.15, -0.1) is 0 Å². The molecule has 100 valence electrons. The van der Waals surface area contributed by atoms with Crippen molar-refractivity contribution in [2.24, 2.45) is 11.3 Å². The molecule has 1 heterocycles. The van der Waals surface area contributed by atoms with Crippen molar-refractivity contribution in [1.29, 1.82) is 0 Å². The molecule has 1 N–H and O–H groups in total. The summed E-state index contributed by atoms with van der Waals surface area (Å²) in [5.41, 5.74) is 0.410. The van der Waals surface area contributed by atoms with Crippen molar-refractivity contribution in [1.82, 2.24) is 10.2 Å². The largest absolute Gasteiger partial charge is 0.312 e. The molecule has 0 aromatic carbocycles. The summed E-state index contributed by atoms with van der Waals surface area (Å²) in [4.78, 5) is 2.74. The fourth-order valence-corrected chi connectivity index (χ4v) is 3.11. The first-order valence-corrected chi connectivity index (χ1v) is 7.41. The Labute approximate surface area is 107 Å². The van der Waals surface area contributed by atoms with Crippen LogP contribution in [-0.2, 0) is 0 Å². The number of piperidine rings is 1. The maximum atomic E-state index is 3.76. The molecule has 0 amide bonds. The fourth-order valence-electron chi connectivity index (χ4n) is 3.11. The topological polar surface area (TPSA) is 15.3 Å². The van der Waals surface area contributed by atoms with Gasteiger partial charge in [-0.1, -0.05) is 27.7 Å². The molecule has 2 fully saturated rings. The molecule has 0 aromatic rings. The summed E-state index contributed by atoms with van der Waals surface area (Å²) in [5, 5.41) is 3.76. The highest BCUT2D eigenvalue weighted by Crippen LogP contribution is 2.32. The Kier molecular flexibility index (Phi) is 4.14. The van der Waals surface area contributed by atoms with Crippen LogP contribution in [-0.4, -0.2) is 36.6 Å². The van der Waals surface area contributed by atoms with Crippen molar-refractivity contribution in [3.63, 3.8) is 0 Å². The van der Waals surface area contributed by atoms with Crippen molar-refractivity contribution >= 4 is 0 Å². The van der Waals surface area contributed by atoms with E-state index in [4.69, 9.17) is 0 Å². The molecule has 2 nitrogen and oxygen atoms in total. The van der Waals surface area contributed by atoms with Crippen LogP contribution < -0.4 is 5.32 Å². The van der Waals surface area contributed by atoms with Crippen LogP contribution in [0, 0.1) is 11.3 Å². The molecule has 0 spiro atoms. The first-order valence-electron chi connectivity index (χ1n) is 7.41. The van der Waals surface area contributed by atoms with E-state index >= 15 is 0 Å². The van der Waals surface area contributed by atoms with E-state index in [2.05, 4.69) is 37.9 Å². The van der Waals surface area contributed by atoms with Gasteiger partial charge in [0.15, 0.2) is 0 Å². The van der Waals surface area contributed by atoms with Crippen molar-refractivity contribution < 1.29 is 0 Å². The lowest BCUT2D eigenvalue weighted by Gasteiger charge is -2.45. The highest BCUT2D eigenvalue weighted by molar-refractivity contribution is 4.89. The van der Waals surface area contributed by atoms with Crippen LogP contribution >= 0.6 is 0 Å². The van der Waals surface area contributed by atoms with Crippen LogP contribution in [0.5, 0.6) is 0 Å². The Bertz CT molecular complexity index is 238. The Morgan fingerprint density at radius 1 is 1.24 bits per heavy atom. The normalized spacial score (nSPS) is 35.6. The zero-order valence-corrected chi connectivity index (χ0v) is 12.1. The summed E-state index contributed by atoms with van der Waals surface area (Å²) < 4.78 is 0. The summed E-state index contributed by atoms with van der Waals surface area (Å²) in [6.07, 6.45) is 5.62. The average Bonchev–Trinajstić information content (AvgIpc) is 2.21. The number of likely N-dealkylation sites (tertiary alicyclic amines) is 1. The third kappa shape index (κ3) is 3.96. The molecule has 1 unspecified atom stereocenters. The van der Waals surface area contributed by atoms with Crippen LogP contribution in [0.25, 0.3) is 0 Å². The van der Waals surface area contributed by atoms with E-state index in [-0.39, 0.29) is 0 Å². The zero-order chi connectivity index (χ0) is 12.5. The summed E-state index contributed by atoms with van der Waals surface area (Å²) in [7, 11) is 0. The van der Waals surface area contributed by atoms with E-state index in [1.54, 1.807) is 0 Å². The van der Waals surface area contributed by atoms with Gasteiger partial charge in [-0.3, -0.25) is 4.90 Å². The molecular formula is C15H30N2. The van der Waals surface area contributed by atoms with Crippen LogP contribution in [0.4, 0.5) is 0 Å². The van der Waals surface area contributed by atoms with Crippen LogP contribution in [0.15, 0.2) is 0 Å². The van der Waals surface area contributed by atoms with Crippen molar-refractivity contribution in [2.45, 2.75) is 65.5 Å². The Morgan fingerprint density at radius 3 is 2.53 bits per heavy atom. The van der Waals surface area contributed by atoms with E-state index in [0.29, 0.717) is 5.41 Å². The monoisotopic (exact) mass is 238 g/mol. The molecule has 2 aliphatic rings. The lowest BCUT2D eigenvalue weighted by atomic mass is 9.80. The second-order valence-corrected chi connectivity index (χ2v) is 7.51. The quantitative estimate of drug-likeness (QED) is 0.813. The number of hydrogen-bond acceptors (Lipinski definition) is 2. The second kappa shape index (κ2) is 5.27. The molecular weight excluding hydrogens is 208 g/mol. The van der Waals surface area contributed by atoms with Gasteiger partial charge in [-0.05, 0) is 43.6 Å². The number of nitrogens with zero attached hydrogens (tertiary/aromatic N) is 1. The van der Waals surface area contributed by atoms with Gasteiger partial charge in [0.05, 0.1) is 0 Å². The van der Waals surface area contributed by atoms with Crippen LogP contribution in [0.3, 0.4) is 0 Å². The standard InChI is InChI=1S/C15H30N2/c1-12-8-14(9-12)17-7-5-6-13(10-17)16-11-15(2,3)4/h12-14,16H,5-11H2,1-4H3. The summed E-state index contributed by atoms with van der Waals surface area (Å²) >= 11 is 0. The lowest BCUT2D eigenvalue weighted by Crippen LogP contribution is -2.53. The molecule has 1 saturated carbocycles. The molecule has 0 radical (unpaired) electrons. The fraction of sp³-hybridized carbons (Fsp3) is 1.00. The summed E-state index contributed by atoms with van der Waals surface area (Å²) in [5.74, 6) is 0.975. The second-order valence-electron chi connectivity index (χ2n) is 7.51. The van der Waals surface area contributed by atoms with Gasteiger partial charge in [-0.2, -0.15) is 0 Å². The zero-order valence-electron chi connectivity index (χ0n) is 12.1. The summed E-state index contributed by atoms with van der Waals surface area (Å²) in [6, 6.07) is 1.64. The highest BCUT2D eigenvalue weighted by atomic mass is 15.2. The van der Waals surface area contributed by atoms with Gasteiger partial charge < -0.3 is 5.32 Å². The Morgan fingerprint density at radius 2 is 1.94 bits per heavy atom. The molecule has 17 heavy (non-hydrogen) atoms. The minimum absolute atomic E-state index is 0.410. The first kappa shape index (κ1) is 13.4. The first-order chi connectivity index (χ1) is 7.94. The van der Waals surface area contributed by atoms with E-state index in [0.717, 1.165) is 24.5 Å². The van der Waals surface area contributed by atoms with Gasteiger partial charge in [0.25, 0.3) is 0 Å². The SMILES string of the molecule is CC1CC(N2CCCC(NCC(C)(C)C)C2)C1. The van der Waals surface area contributed by atoms with Crippen molar-refractivity contribution in [2.75, 3.05) is 19.6 Å². The molecule has 1 aliphatic carbocycles. The van der Waals surface area contributed by atoms with Crippen molar-refractivity contribution in [3.8, 4) is 0 Å². The minimum Gasteiger partial charge on any atom is -0.312 e. The third-order valence-corrected chi connectivity index (χ3v) is 4.24. The molecule has 0 aromatic heterocycles. The molecule has 1 aliphatic heterocycles. The molecule has 2 rings (SSSR count). The molecule has 0 bridgehead atoms. The predicted octanol–water partition coefficient (Wildman–Crippen LogP) is 2.89. The lowest BCUT2D eigenvalue weighted by molar-refractivity contribution is 0.0551. The number of rotatable bonds is 3. The molecule has 2 heteroatoms. The molecule has 1 atom stereocenters. The van der Waals surface area contributed by atoms with Gasteiger partial charge >= 0.3 is 0 Å². The van der Waals surface area contributed by atoms with Gasteiger partial charge in [0.1, 0.15) is 0 Å². The van der Waals surface area contributed by atoms with Gasteiger partial charge in [-0.25, -0.2) is 0 Å². The average molecular weight is 238 g/mol. The van der Waals surface area contributed by atoms with E-state index in [9.17, 15) is 0 Å². The minimum atomic E-state index is 0.410. The van der Waals surface area contributed by atoms with Gasteiger partial charge in [0.2, 0.25) is 0 Å². The maximum Gasteiger partial charge on any atom is 0.0195 e. The number of hydrogen-bond donors (Lipinski definition) is 1. The Balaban J connectivity index is 1.73. The van der Waals surface area contributed by atoms with E-state index in [1.807, 2.05) is 0 Å². The molecule has 1 saturated heterocycles. The van der Waals surface area contributed by atoms with E-state index in [1.165, 1.54) is 38.8 Å². The highest BCUT2D eigenvalue weighted by Gasteiger charge is 2.33. The Hall–Kier alpha value is -0.0800. The van der Waals surface area contributed by atoms with Crippen molar-refractivity contribution in [3.05, 3.63) is 0 Å². The third-order valence-electron chi connectivity index (χ3n) is 4.24. The predicted molar refractivity (Wildman–Crippen MR) is 74.2 cm³/mol. The van der Waals surface area contributed by atoms with Crippen LogP contribution in [0.2, 0.25) is 0 Å². The van der Waals surface area contributed by atoms with E-state index < -0.39 is 0 Å². The number of nitrogens with one attached hydrogen (secondary N) is 1. The van der Waals surface area contributed by atoms with Crippen LogP contribution in [0.1, 0.15) is 53.4 Å².